The Bertz CT molecular complexity index is 731. The first-order valence-corrected chi connectivity index (χ1v) is 8.45. The van der Waals surface area contributed by atoms with Crippen molar-refractivity contribution in [1.82, 2.24) is 4.90 Å². The van der Waals surface area contributed by atoms with Crippen LogP contribution < -0.4 is 4.74 Å². The molecule has 0 fully saturated rings. The Hall–Kier alpha value is -2.56. The lowest BCUT2D eigenvalue weighted by Gasteiger charge is -2.20. The Morgan fingerprint density at radius 3 is 2.56 bits per heavy atom. The van der Waals surface area contributed by atoms with Crippen LogP contribution in [0.3, 0.4) is 0 Å². The predicted octanol–water partition coefficient (Wildman–Crippen LogP) is 3.41. The molecule has 1 aliphatic rings. The van der Waals surface area contributed by atoms with E-state index in [0.29, 0.717) is 29.1 Å². The lowest BCUT2D eigenvalue weighted by molar-refractivity contribution is -0.138. The number of amides is 1. The molecule has 5 nitrogen and oxygen atoms in total. The Balaban J connectivity index is 2.55. The number of hydrogen-bond acceptors (Lipinski definition) is 4. The van der Waals surface area contributed by atoms with Crippen LogP contribution in [-0.2, 0) is 14.3 Å². The zero-order valence-corrected chi connectivity index (χ0v) is 15.5. The van der Waals surface area contributed by atoms with Crippen LogP contribution in [0.15, 0.2) is 41.1 Å². The van der Waals surface area contributed by atoms with E-state index in [1.165, 1.54) is 0 Å². The average molecular weight is 343 g/mol. The molecule has 0 N–H and O–H groups in total. The SMILES string of the molecule is CCOC(=O)C1=C(C)N(CC(C)C)C(=O)C1=Cc1ccccc1OC. The van der Waals surface area contributed by atoms with Crippen molar-refractivity contribution in [2.75, 3.05) is 20.3 Å². The number of rotatable bonds is 6. The van der Waals surface area contributed by atoms with E-state index in [1.807, 2.05) is 38.1 Å². The third-order valence-corrected chi connectivity index (χ3v) is 3.98. The van der Waals surface area contributed by atoms with Gasteiger partial charge in [0.2, 0.25) is 0 Å². The molecule has 1 aromatic rings. The van der Waals surface area contributed by atoms with Crippen molar-refractivity contribution in [3.05, 3.63) is 46.7 Å². The van der Waals surface area contributed by atoms with Gasteiger partial charge in [0.05, 0.1) is 24.9 Å². The van der Waals surface area contributed by atoms with Crippen LogP contribution >= 0.6 is 0 Å². The van der Waals surface area contributed by atoms with Crippen LogP contribution in [0.1, 0.15) is 33.3 Å². The van der Waals surface area contributed by atoms with Gasteiger partial charge in [0.25, 0.3) is 5.91 Å². The van der Waals surface area contributed by atoms with Crippen molar-refractivity contribution in [2.45, 2.75) is 27.7 Å². The van der Waals surface area contributed by atoms with E-state index in [9.17, 15) is 9.59 Å². The van der Waals surface area contributed by atoms with Crippen molar-refractivity contribution in [1.29, 1.82) is 0 Å². The second kappa shape index (κ2) is 8.01. The highest BCUT2D eigenvalue weighted by atomic mass is 16.5. The molecule has 134 valence electrons. The monoisotopic (exact) mass is 343 g/mol. The van der Waals surface area contributed by atoms with Gasteiger partial charge in [-0.3, -0.25) is 4.79 Å². The molecule has 0 saturated carbocycles. The van der Waals surface area contributed by atoms with Crippen molar-refractivity contribution in [3.63, 3.8) is 0 Å². The number of methoxy groups -OCH3 is 1. The first kappa shape index (κ1) is 18.8. The van der Waals surface area contributed by atoms with E-state index in [4.69, 9.17) is 9.47 Å². The summed E-state index contributed by atoms with van der Waals surface area (Å²) >= 11 is 0. The van der Waals surface area contributed by atoms with Crippen LogP contribution in [0.4, 0.5) is 0 Å². The van der Waals surface area contributed by atoms with E-state index in [1.54, 1.807) is 31.9 Å². The van der Waals surface area contributed by atoms with E-state index in [0.717, 1.165) is 5.56 Å². The summed E-state index contributed by atoms with van der Waals surface area (Å²) < 4.78 is 10.5. The van der Waals surface area contributed by atoms with Gasteiger partial charge in [-0.15, -0.1) is 0 Å². The van der Waals surface area contributed by atoms with E-state index >= 15 is 0 Å². The Morgan fingerprint density at radius 2 is 1.96 bits per heavy atom. The summed E-state index contributed by atoms with van der Waals surface area (Å²) in [6.07, 6.45) is 1.71. The number of para-hydroxylation sites is 1. The zero-order valence-electron chi connectivity index (χ0n) is 15.5. The predicted molar refractivity (Wildman–Crippen MR) is 96.9 cm³/mol. The van der Waals surface area contributed by atoms with Crippen molar-refractivity contribution in [2.24, 2.45) is 5.92 Å². The van der Waals surface area contributed by atoms with E-state index in [-0.39, 0.29) is 18.4 Å². The maximum absolute atomic E-state index is 12.9. The van der Waals surface area contributed by atoms with Gasteiger partial charge in [-0.25, -0.2) is 4.79 Å². The molecule has 2 rings (SSSR count). The van der Waals surface area contributed by atoms with Crippen LogP contribution in [-0.4, -0.2) is 37.0 Å². The van der Waals surface area contributed by atoms with Gasteiger partial charge in [0, 0.05) is 17.8 Å². The largest absolute Gasteiger partial charge is 0.496 e. The highest BCUT2D eigenvalue weighted by Gasteiger charge is 2.37. The molecule has 0 saturated heterocycles. The van der Waals surface area contributed by atoms with Gasteiger partial charge in [-0.05, 0) is 31.9 Å². The Morgan fingerprint density at radius 1 is 1.28 bits per heavy atom. The third-order valence-electron chi connectivity index (χ3n) is 3.98. The molecule has 0 aliphatic carbocycles. The van der Waals surface area contributed by atoms with Gasteiger partial charge >= 0.3 is 5.97 Å². The lowest BCUT2D eigenvalue weighted by atomic mass is 10.0. The van der Waals surface area contributed by atoms with Crippen molar-refractivity contribution < 1.29 is 19.1 Å². The standard InChI is InChI=1S/C20H25NO4/c1-6-25-20(23)18-14(4)21(12-13(2)3)19(22)16(18)11-15-9-7-8-10-17(15)24-5/h7-11,13H,6,12H2,1-5H3. The summed E-state index contributed by atoms with van der Waals surface area (Å²) in [4.78, 5) is 27.0. The Labute approximate surface area is 148 Å². The normalized spacial score (nSPS) is 16.2. The maximum Gasteiger partial charge on any atom is 0.340 e. The molecule has 1 aliphatic heterocycles. The summed E-state index contributed by atoms with van der Waals surface area (Å²) in [6, 6.07) is 7.39. The molecule has 1 amide bonds. The molecule has 5 heteroatoms. The Kier molecular flexibility index (Phi) is 6.02. The fourth-order valence-electron chi connectivity index (χ4n) is 2.86. The van der Waals surface area contributed by atoms with Gasteiger partial charge in [-0.1, -0.05) is 32.0 Å². The fraction of sp³-hybridized carbons (Fsp3) is 0.400. The van der Waals surface area contributed by atoms with Gasteiger partial charge in [0.1, 0.15) is 5.75 Å². The number of benzene rings is 1. The van der Waals surface area contributed by atoms with E-state index < -0.39 is 5.97 Å². The average Bonchev–Trinajstić information content (AvgIpc) is 2.80. The number of nitrogens with zero attached hydrogens (tertiary/aromatic N) is 1. The minimum Gasteiger partial charge on any atom is -0.496 e. The fourth-order valence-corrected chi connectivity index (χ4v) is 2.86. The molecule has 0 radical (unpaired) electrons. The molecular formula is C20H25NO4. The topological polar surface area (TPSA) is 55.8 Å². The quantitative estimate of drug-likeness (QED) is 0.587. The maximum atomic E-state index is 12.9. The minimum atomic E-state index is -0.472. The second-order valence-corrected chi connectivity index (χ2v) is 6.29. The molecule has 0 aromatic heterocycles. The third kappa shape index (κ3) is 3.92. The smallest absolute Gasteiger partial charge is 0.340 e. The van der Waals surface area contributed by atoms with Gasteiger partial charge in [0.15, 0.2) is 0 Å². The van der Waals surface area contributed by atoms with Crippen LogP contribution in [0, 0.1) is 5.92 Å². The summed E-state index contributed by atoms with van der Waals surface area (Å²) in [5, 5.41) is 0. The second-order valence-electron chi connectivity index (χ2n) is 6.29. The summed E-state index contributed by atoms with van der Waals surface area (Å²) in [6.45, 7) is 8.42. The van der Waals surface area contributed by atoms with Crippen LogP contribution in [0.25, 0.3) is 6.08 Å². The molecule has 1 heterocycles. The first-order valence-electron chi connectivity index (χ1n) is 8.45. The summed E-state index contributed by atoms with van der Waals surface area (Å²) in [5.74, 6) is 0.278. The minimum absolute atomic E-state index is 0.180. The lowest BCUT2D eigenvalue weighted by Crippen LogP contribution is -2.28. The number of carbonyl (C=O) groups excluding carboxylic acids is 2. The molecule has 0 bridgehead atoms. The first-order chi connectivity index (χ1) is 11.9. The summed E-state index contributed by atoms with van der Waals surface area (Å²) in [5.41, 5.74) is 2.06. The van der Waals surface area contributed by atoms with Gasteiger partial charge < -0.3 is 14.4 Å². The molecule has 0 unspecified atom stereocenters. The highest BCUT2D eigenvalue weighted by Crippen LogP contribution is 2.33. The molecule has 0 atom stereocenters. The molecule has 0 spiro atoms. The number of esters is 1. The van der Waals surface area contributed by atoms with Crippen LogP contribution in [0.2, 0.25) is 0 Å². The van der Waals surface area contributed by atoms with E-state index in [2.05, 4.69) is 0 Å². The number of allylic oxidation sites excluding steroid dienone is 1. The van der Waals surface area contributed by atoms with Crippen molar-refractivity contribution >= 4 is 18.0 Å². The molecular weight excluding hydrogens is 318 g/mol. The summed E-state index contributed by atoms with van der Waals surface area (Å²) in [7, 11) is 1.58. The molecule has 25 heavy (non-hydrogen) atoms. The molecule has 1 aromatic carbocycles. The number of ether oxygens (including phenoxy) is 2. The number of hydrogen-bond donors (Lipinski definition) is 0. The zero-order chi connectivity index (χ0) is 18.6. The number of carbonyl (C=O) groups is 2. The highest BCUT2D eigenvalue weighted by molar-refractivity contribution is 6.16. The van der Waals surface area contributed by atoms with Crippen molar-refractivity contribution in [3.8, 4) is 5.75 Å². The van der Waals surface area contributed by atoms with Crippen LogP contribution in [0.5, 0.6) is 5.75 Å². The van der Waals surface area contributed by atoms with Gasteiger partial charge in [-0.2, -0.15) is 0 Å².